The van der Waals surface area contributed by atoms with E-state index in [0.717, 1.165) is 36.4 Å². The molecule has 2 aromatic carbocycles. The quantitative estimate of drug-likeness (QED) is 0.593. The van der Waals surface area contributed by atoms with Gasteiger partial charge in [0.25, 0.3) is 0 Å². The molecule has 6 nitrogen and oxygen atoms in total. The Morgan fingerprint density at radius 3 is 2.70 bits per heavy atom. The molecule has 1 saturated heterocycles. The summed E-state index contributed by atoms with van der Waals surface area (Å²) in [5.74, 6) is 0.361. The van der Waals surface area contributed by atoms with E-state index >= 15 is 0 Å². The first kappa shape index (κ1) is 22.1. The van der Waals surface area contributed by atoms with Crippen molar-refractivity contribution in [3.63, 3.8) is 0 Å². The number of amides is 2. The van der Waals surface area contributed by atoms with Crippen molar-refractivity contribution in [2.45, 2.75) is 32.2 Å². The molecule has 0 aromatic heterocycles. The molecule has 0 radical (unpaired) electrons. The van der Waals surface area contributed by atoms with Crippen LogP contribution in [0.5, 0.6) is 5.75 Å². The second-order valence-corrected chi connectivity index (χ2v) is 8.02. The number of hydrogen-bond donors (Lipinski definition) is 2. The van der Waals surface area contributed by atoms with Crippen LogP contribution in [0.3, 0.4) is 0 Å². The van der Waals surface area contributed by atoms with E-state index in [9.17, 15) is 9.59 Å². The number of hydrogen-bond acceptors (Lipinski definition) is 4. The van der Waals surface area contributed by atoms with E-state index in [-0.39, 0.29) is 17.7 Å². The third-order valence-electron chi connectivity index (χ3n) is 5.22. The summed E-state index contributed by atoms with van der Waals surface area (Å²) >= 11 is 5.85. The Balaban J connectivity index is 1.47. The number of para-hydroxylation sites is 1. The average Bonchev–Trinajstić information content (AvgIpc) is 2.74. The number of anilines is 1. The van der Waals surface area contributed by atoms with Gasteiger partial charge >= 0.3 is 0 Å². The van der Waals surface area contributed by atoms with Gasteiger partial charge in [-0.1, -0.05) is 29.8 Å². The van der Waals surface area contributed by atoms with Gasteiger partial charge in [0.1, 0.15) is 5.75 Å². The average molecular weight is 430 g/mol. The van der Waals surface area contributed by atoms with Gasteiger partial charge in [-0.05, 0) is 61.7 Å². The van der Waals surface area contributed by atoms with Crippen LogP contribution < -0.4 is 15.8 Å². The number of carbonyl (C=O) groups excluding carboxylic acids is 2. The van der Waals surface area contributed by atoms with Gasteiger partial charge in [0.15, 0.2) is 0 Å². The molecule has 1 atom stereocenters. The number of nitrogens with zero attached hydrogens (tertiary/aromatic N) is 1. The molecule has 1 fully saturated rings. The summed E-state index contributed by atoms with van der Waals surface area (Å²) in [6, 6.07) is 14.9. The number of piperidine rings is 1. The van der Waals surface area contributed by atoms with Gasteiger partial charge in [0.05, 0.1) is 12.5 Å². The monoisotopic (exact) mass is 429 g/mol. The lowest BCUT2D eigenvalue weighted by molar-refractivity contribution is -0.123. The summed E-state index contributed by atoms with van der Waals surface area (Å²) in [5.41, 5.74) is 7.32. The van der Waals surface area contributed by atoms with Crippen LogP contribution in [0.1, 0.15) is 31.2 Å². The number of carbonyl (C=O) groups is 2. The van der Waals surface area contributed by atoms with Gasteiger partial charge < -0.3 is 15.8 Å². The summed E-state index contributed by atoms with van der Waals surface area (Å²) in [7, 11) is 0. The third-order valence-corrected chi connectivity index (χ3v) is 5.48. The van der Waals surface area contributed by atoms with E-state index in [4.69, 9.17) is 22.1 Å². The molecule has 0 bridgehead atoms. The highest BCUT2D eigenvalue weighted by atomic mass is 35.5. The highest BCUT2D eigenvalue weighted by Gasteiger charge is 2.24. The van der Waals surface area contributed by atoms with E-state index in [1.807, 2.05) is 36.4 Å². The zero-order valence-electron chi connectivity index (χ0n) is 17.0. The zero-order chi connectivity index (χ0) is 21.3. The van der Waals surface area contributed by atoms with Crippen LogP contribution >= 0.6 is 11.6 Å². The van der Waals surface area contributed by atoms with Crippen molar-refractivity contribution in [3.05, 3.63) is 59.1 Å². The van der Waals surface area contributed by atoms with E-state index in [2.05, 4.69) is 10.2 Å². The number of rotatable bonds is 9. The minimum atomic E-state index is -0.234. The van der Waals surface area contributed by atoms with Gasteiger partial charge in [0.2, 0.25) is 11.8 Å². The van der Waals surface area contributed by atoms with Crippen molar-refractivity contribution in [2.24, 2.45) is 11.7 Å². The normalized spacial score (nSPS) is 16.8. The predicted octanol–water partition coefficient (Wildman–Crippen LogP) is 3.84. The van der Waals surface area contributed by atoms with Crippen LogP contribution in [0.25, 0.3) is 0 Å². The fourth-order valence-electron chi connectivity index (χ4n) is 3.62. The number of benzene rings is 2. The second-order valence-electron chi connectivity index (χ2n) is 7.59. The highest BCUT2D eigenvalue weighted by Crippen LogP contribution is 2.22. The minimum absolute atomic E-state index is 0.0455. The molecule has 1 aliphatic rings. The summed E-state index contributed by atoms with van der Waals surface area (Å²) in [6.07, 6.45) is 2.79. The van der Waals surface area contributed by atoms with Crippen LogP contribution in [-0.4, -0.2) is 36.4 Å². The second kappa shape index (κ2) is 11.0. The summed E-state index contributed by atoms with van der Waals surface area (Å²) in [4.78, 5) is 26.1. The van der Waals surface area contributed by atoms with Crippen molar-refractivity contribution in [2.75, 3.05) is 25.0 Å². The zero-order valence-corrected chi connectivity index (χ0v) is 17.7. The SMILES string of the molecule is NC(=O)C1CCCN(Cc2ccccc2NC(=O)CCCOc2ccc(Cl)cc2)C1. The molecule has 0 saturated carbocycles. The van der Waals surface area contributed by atoms with Crippen molar-refractivity contribution in [3.8, 4) is 5.75 Å². The molecule has 1 unspecified atom stereocenters. The summed E-state index contributed by atoms with van der Waals surface area (Å²) in [5, 5.41) is 3.67. The fraction of sp³-hybridized carbons (Fsp3) is 0.391. The Hall–Kier alpha value is -2.57. The highest BCUT2D eigenvalue weighted by molar-refractivity contribution is 6.30. The summed E-state index contributed by atoms with van der Waals surface area (Å²) in [6.45, 7) is 2.73. The third kappa shape index (κ3) is 6.75. The van der Waals surface area contributed by atoms with Crippen LogP contribution in [0, 0.1) is 5.92 Å². The van der Waals surface area contributed by atoms with Gasteiger partial charge in [-0.25, -0.2) is 0 Å². The minimum Gasteiger partial charge on any atom is -0.494 e. The van der Waals surface area contributed by atoms with Crippen molar-refractivity contribution < 1.29 is 14.3 Å². The Kier molecular flexibility index (Phi) is 8.11. The van der Waals surface area contributed by atoms with Crippen LogP contribution in [-0.2, 0) is 16.1 Å². The van der Waals surface area contributed by atoms with Crippen molar-refractivity contribution >= 4 is 29.1 Å². The van der Waals surface area contributed by atoms with Gasteiger partial charge in [0, 0.05) is 30.2 Å². The van der Waals surface area contributed by atoms with Gasteiger partial charge in [-0.2, -0.15) is 0 Å². The van der Waals surface area contributed by atoms with Crippen LogP contribution in [0.2, 0.25) is 5.02 Å². The fourth-order valence-corrected chi connectivity index (χ4v) is 3.74. The topological polar surface area (TPSA) is 84.7 Å². The van der Waals surface area contributed by atoms with Crippen molar-refractivity contribution in [1.82, 2.24) is 4.90 Å². The first-order valence-corrected chi connectivity index (χ1v) is 10.7. The molecule has 2 aromatic rings. The number of ether oxygens (including phenoxy) is 1. The number of nitrogens with one attached hydrogen (secondary N) is 1. The molecule has 2 amide bonds. The Bertz CT molecular complexity index is 857. The number of nitrogens with two attached hydrogens (primary N) is 1. The predicted molar refractivity (Wildman–Crippen MR) is 118 cm³/mol. The lowest BCUT2D eigenvalue weighted by atomic mass is 9.97. The van der Waals surface area contributed by atoms with E-state index in [1.165, 1.54) is 0 Å². The molecule has 0 spiro atoms. The largest absolute Gasteiger partial charge is 0.494 e. The Labute approximate surface area is 182 Å². The summed E-state index contributed by atoms with van der Waals surface area (Å²) < 4.78 is 5.63. The lowest BCUT2D eigenvalue weighted by Gasteiger charge is -2.31. The Morgan fingerprint density at radius 1 is 1.17 bits per heavy atom. The molecule has 1 heterocycles. The number of halogens is 1. The molecular weight excluding hydrogens is 402 g/mol. The molecule has 3 rings (SSSR count). The standard InChI is InChI=1S/C23H28ClN3O3/c24-19-9-11-20(12-10-19)30-14-4-8-22(28)26-21-7-2-1-5-17(21)15-27-13-3-6-18(16-27)23(25)29/h1-2,5,7,9-12,18H,3-4,6,8,13-16H2,(H2,25,29)(H,26,28). The lowest BCUT2D eigenvalue weighted by Crippen LogP contribution is -2.40. The molecular formula is C23H28ClN3O3. The maximum atomic E-state index is 12.4. The molecule has 7 heteroatoms. The number of likely N-dealkylation sites (tertiary alicyclic amines) is 1. The number of primary amides is 1. The van der Waals surface area contributed by atoms with E-state index in [1.54, 1.807) is 12.1 Å². The van der Waals surface area contributed by atoms with Crippen LogP contribution in [0.15, 0.2) is 48.5 Å². The molecule has 3 N–H and O–H groups in total. The maximum Gasteiger partial charge on any atom is 0.224 e. The maximum absolute atomic E-state index is 12.4. The molecule has 1 aliphatic heterocycles. The first-order valence-electron chi connectivity index (χ1n) is 10.3. The van der Waals surface area contributed by atoms with Gasteiger partial charge in [-0.15, -0.1) is 0 Å². The molecule has 0 aliphatic carbocycles. The first-order chi connectivity index (χ1) is 14.5. The van der Waals surface area contributed by atoms with Crippen molar-refractivity contribution in [1.29, 1.82) is 0 Å². The van der Waals surface area contributed by atoms with Gasteiger partial charge in [-0.3, -0.25) is 14.5 Å². The molecule has 30 heavy (non-hydrogen) atoms. The van der Waals surface area contributed by atoms with E-state index in [0.29, 0.717) is 37.6 Å². The smallest absolute Gasteiger partial charge is 0.224 e. The van der Waals surface area contributed by atoms with Crippen LogP contribution in [0.4, 0.5) is 5.69 Å². The Morgan fingerprint density at radius 2 is 1.93 bits per heavy atom. The van der Waals surface area contributed by atoms with E-state index < -0.39 is 0 Å². The molecule has 160 valence electrons.